The van der Waals surface area contributed by atoms with Crippen molar-refractivity contribution in [3.63, 3.8) is 0 Å². The Bertz CT molecular complexity index is 876. The van der Waals surface area contributed by atoms with Gasteiger partial charge in [0.15, 0.2) is 0 Å². The summed E-state index contributed by atoms with van der Waals surface area (Å²) in [5.41, 5.74) is 3.00. The third-order valence-corrected chi connectivity index (χ3v) is 10.1. The van der Waals surface area contributed by atoms with Crippen molar-refractivity contribution < 1.29 is 28.6 Å². The van der Waals surface area contributed by atoms with Gasteiger partial charge < -0.3 is 14.2 Å². The number of carbonyl (C=O) groups is 3. The van der Waals surface area contributed by atoms with Crippen LogP contribution < -0.4 is 0 Å². The average molecular weight is 475 g/mol. The maximum absolute atomic E-state index is 12.3. The summed E-state index contributed by atoms with van der Waals surface area (Å²) < 4.78 is 16.7. The standard InChI is InChI=1S/C28H42O6/c1-16(13-26(31)32-6)22-9-10-23-21-8-7-19-14-20(33-17(2)29)11-12-27(19,4)24(21)15-25(28(22,23)5)34-18(3)30/h16,19-20,22,24-25H,7-15H2,1-6H3/t16-,19?,20?,22?,24?,25+,27?,28?/m0/s1. The highest BCUT2D eigenvalue weighted by molar-refractivity contribution is 5.69. The van der Waals surface area contributed by atoms with E-state index in [2.05, 4.69) is 20.8 Å². The molecule has 190 valence electrons. The van der Waals surface area contributed by atoms with Crippen molar-refractivity contribution in [1.29, 1.82) is 0 Å². The van der Waals surface area contributed by atoms with Crippen LogP contribution in [0.1, 0.15) is 92.4 Å². The topological polar surface area (TPSA) is 78.9 Å². The van der Waals surface area contributed by atoms with Crippen LogP contribution in [0.15, 0.2) is 11.1 Å². The Hall–Kier alpha value is -1.85. The van der Waals surface area contributed by atoms with Gasteiger partial charge in [0.1, 0.15) is 12.2 Å². The molecule has 4 rings (SSSR count). The first-order valence-electron chi connectivity index (χ1n) is 13.1. The maximum atomic E-state index is 12.3. The lowest BCUT2D eigenvalue weighted by molar-refractivity contribution is -0.161. The first-order valence-corrected chi connectivity index (χ1v) is 13.1. The minimum atomic E-state index is -0.233. The molecule has 3 saturated carbocycles. The SMILES string of the molecule is COC(=O)C[C@H](C)C1CCC2=C3CCC4CC(OC(C)=O)CCC4(C)C3C[C@@H](OC(C)=O)C21C. The zero-order valence-electron chi connectivity index (χ0n) is 21.8. The number of esters is 3. The second-order valence-corrected chi connectivity index (χ2v) is 11.8. The molecule has 0 heterocycles. The lowest BCUT2D eigenvalue weighted by atomic mass is 9.48. The summed E-state index contributed by atoms with van der Waals surface area (Å²) in [4.78, 5) is 35.9. The van der Waals surface area contributed by atoms with E-state index in [1.54, 1.807) is 5.57 Å². The molecular weight excluding hydrogens is 432 g/mol. The van der Waals surface area contributed by atoms with E-state index in [1.165, 1.54) is 26.5 Å². The van der Waals surface area contributed by atoms with Crippen LogP contribution in [0.3, 0.4) is 0 Å². The Morgan fingerprint density at radius 1 is 1.00 bits per heavy atom. The first-order chi connectivity index (χ1) is 16.0. The molecule has 4 aliphatic rings. The van der Waals surface area contributed by atoms with Gasteiger partial charge in [-0.15, -0.1) is 0 Å². The smallest absolute Gasteiger partial charge is 0.305 e. The summed E-state index contributed by atoms with van der Waals surface area (Å²) in [6.45, 7) is 9.87. The highest BCUT2D eigenvalue weighted by atomic mass is 16.5. The molecule has 0 spiro atoms. The molecule has 0 aromatic heterocycles. The summed E-state index contributed by atoms with van der Waals surface area (Å²) in [5.74, 6) is 0.766. The quantitative estimate of drug-likeness (QED) is 0.302. The van der Waals surface area contributed by atoms with Crippen LogP contribution in [0.25, 0.3) is 0 Å². The van der Waals surface area contributed by atoms with Gasteiger partial charge in [-0.3, -0.25) is 14.4 Å². The second kappa shape index (κ2) is 9.31. The van der Waals surface area contributed by atoms with Crippen LogP contribution in [0, 0.1) is 34.5 Å². The van der Waals surface area contributed by atoms with Gasteiger partial charge in [-0.2, -0.15) is 0 Å². The number of rotatable bonds is 5. The van der Waals surface area contributed by atoms with Crippen LogP contribution in [0.2, 0.25) is 0 Å². The van der Waals surface area contributed by atoms with E-state index >= 15 is 0 Å². The second-order valence-electron chi connectivity index (χ2n) is 11.8. The molecule has 8 atom stereocenters. The molecule has 0 aromatic rings. The Kier molecular flexibility index (Phi) is 6.91. The van der Waals surface area contributed by atoms with Crippen molar-refractivity contribution in [1.82, 2.24) is 0 Å². The van der Waals surface area contributed by atoms with Gasteiger partial charge in [0, 0.05) is 25.7 Å². The molecule has 0 saturated heterocycles. The maximum Gasteiger partial charge on any atom is 0.305 e. The molecule has 0 radical (unpaired) electrons. The molecule has 0 aromatic carbocycles. The van der Waals surface area contributed by atoms with Gasteiger partial charge in [0.05, 0.1) is 7.11 Å². The van der Waals surface area contributed by atoms with Crippen molar-refractivity contribution in [2.45, 2.75) is 105 Å². The molecule has 6 heteroatoms. The fourth-order valence-electron chi connectivity index (χ4n) is 8.53. The highest BCUT2D eigenvalue weighted by Crippen LogP contribution is 2.66. The van der Waals surface area contributed by atoms with Crippen molar-refractivity contribution >= 4 is 17.9 Å². The van der Waals surface area contributed by atoms with E-state index in [-0.39, 0.29) is 52.8 Å². The van der Waals surface area contributed by atoms with Crippen LogP contribution >= 0.6 is 0 Å². The van der Waals surface area contributed by atoms with Gasteiger partial charge in [-0.1, -0.05) is 31.9 Å². The largest absolute Gasteiger partial charge is 0.469 e. The summed E-state index contributed by atoms with van der Waals surface area (Å²) in [5, 5.41) is 0. The Morgan fingerprint density at radius 2 is 1.71 bits per heavy atom. The molecule has 34 heavy (non-hydrogen) atoms. The number of methoxy groups -OCH3 is 1. The van der Waals surface area contributed by atoms with Crippen molar-refractivity contribution in [3.8, 4) is 0 Å². The molecule has 6 unspecified atom stereocenters. The lowest BCUT2D eigenvalue weighted by Gasteiger charge is -2.58. The number of allylic oxidation sites excluding steroid dienone is 1. The van der Waals surface area contributed by atoms with Gasteiger partial charge in [-0.05, 0) is 80.5 Å². The van der Waals surface area contributed by atoms with Crippen molar-refractivity contribution in [2.24, 2.45) is 34.5 Å². The minimum Gasteiger partial charge on any atom is -0.469 e. The van der Waals surface area contributed by atoms with Crippen LogP contribution in [-0.2, 0) is 28.6 Å². The number of hydrogen-bond donors (Lipinski definition) is 0. The monoisotopic (exact) mass is 474 g/mol. The number of carbonyl (C=O) groups excluding carboxylic acids is 3. The van der Waals surface area contributed by atoms with Gasteiger partial charge in [0.2, 0.25) is 0 Å². The predicted octanol–water partition coefficient (Wildman–Crippen LogP) is 5.38. The normalized spacial score (nSPS) is 39.9. The van der Waals surface area contributed by atoms with Crippen molar-refractivity contribution in [3.05, 3.63) is 11.1 Å². The van der Waals surface area contributed by atoms with Crippen molar-refractivity contribution in [2.75, 3.05) is 7.11 Å². The molecule has 3 fully saturated rings. The number of ether oxygens (including phenoxy) is 3. The number of hydrogen-bond acceptors (Lipinski definition) is 6. The Morgan fingerprint density at radius 3 is 2.35 bits per heavy atom. The average Bonchev–Trinajstić information content (AvgIpc) is 3.12. The molecule has 0 N–H and O–H groups in total. The van der Waals surface area contributed by atoms with Crippen LogP contribution in [0.5, 0.6) is 0 Å². The summed E-state index contributed by atoms with van der Waals surface area (Å²) in [6.07, 6.45) is 8.20. The van der Waals surface area contributed by atoms with E-state index in [0.29, 0.717) is 18.3 Å². The van der Waals surface area contributed by atoms with E-state index in [1.807, 2.05) is 0 Å². The van der Waals surface area contributed by atoms with Crippen LogP contribution in [0.4, 0.5) is 0 Å². The molecule has 4 aliphatic carbocycles. The van der Waals surface area contributed by atoms with Gasteiger partial charge in [-0.25, -0.2) is 0 Å². The van der Waals surface area contributed by atoms with E-state index in [9.17, 15) is 14.4 Å². The van der Waals surface area contributed by atoms with Gasteiger partial charge in [0.25, 0.3) is 0 Å². The molecular formula is C28H42O6. The molecule has 0 amide bonds. The third kappa shape index (κ3) is 4.19. The van der Waals surface area contributed by atoms with E-state index in [0.717, 1.165) is 51.4 Å². The summed E-state index contributed by atoms with van der Waals surface area (Å²) in [6, 6.07) is 0. The third-order valence-electron chi connectivity index (χ3n) is 10.1. The van der Waals surface area contributed by atoms with E-state index < -0.39 is 0 Å². The zero-order chi connectivity index (χ0) is 24.8. The summed E-state index contributed by atoms with van der Waals surface area (Å²) in [7, 11) is 1.45. The zero-order valence-corrected chi connectivity index (χ0v) is 21.8. The first kappa shape index (κ1) is 25.2. The highest BCUT2D eigenvalue weighted by Gasteiger charge is 2.60. The Labute approximate surface area is 204 Å². The fourth-order valence-corrected chi connectivity index (χ4v) is 8.53. The molecule has 0 bridgehead atoms. The Balaban J connectivity index is 1.68. The molecule has 0 aliphatic heterocycles. The summed E-state index contributed by atoms with van der Waals surface area (Å²) >= 11 is 0. The predicted molar refractivity (Wildman–Crippen MR) is 128 cm³/mol. The van der Waals surface area contributed by atoms with Gasteiger partial charge >= 0.3 is 17.9 Å². The number of fused-ring (bicyclic) bond motifs is 4. The van der Waals surface area contributed by atoms with Crippen LogP contribution in [-0.4, -0.2) is 37.2 Å². The fraction of sp³-hybridized carbons (Fsp3) is 0.821. The lowest BCUT2D eigenvalue weighted by Crippen LogP contribution is -2.53. The van der Waals surface area contributed by atoms with E-state index in [4.69, 9.17) is 14.2 Å². The minimum absolute atomic E-state index is 0.0259. The molecule has 6 nitrogen and oxygen atoms in total.